The van der Waals surface area contributed by atoms with Crippen molar-refractivity contribution in [3.05, 3.63) is 46.3 Å². The van der Waals surface area contributed by atoms with Crippen LogP contribution in [0.2, 0.25) is 0 Å². The van der Waals surface area contributed by atoms with Crippen molar-refractivity contribution in [3.8, 4) is 5.75 Å². The van der Waals surface area contributed by atoms with Crippen molar-refractivity contribution in [2.45, 2.75) is 13.5 Å². The zero-order valence-electron chi connectivity index (χ0n) is 11.2. The lowest BCUT2D eigenvalue weighted by Crippen LogP contribution is -2.00. The Hall–Kier alpha value is -1.95. The molecule has 0 N–H and O–H groups in total. The van der Waals surface area contributed by atoms with Gasteiger partial charge in [-0.1, -0.05) is 22.0 Å². The molecule has 0 aliphatic heterocycles. The average molecular weight is 333 g/mol. The molecule has 0 atom stereocenters. The minimum absolute atomic E-state index is 0.381. The van der Waals surface area contributed by atoms with Gasteiger partial charge in [0, 0.05) is 16.9 Å². The lowest BCUT2D eigenvalue weighted by Gasteiger charge is -2.09. The highest BCUT2D eigenvalue weighted by atomic mass is 79.9. The second-order valence-electron chi connectivity index (χ2n) is 4.49. The third kappa shape index (κ3) is 2.51. The quantitative estimate of drug-likeness (QED) is 0.739. The molecular formula is C14H13BrN4O. The van der Waals surface area contributed by atoms with Crippen molar-refractivity contribution < 1.29 is 4.74 Å². The molecule has 102 valence electrons. The second-order valence-corrected chi connectivity index (χ2v) is 5.35. The first-order chi connectivity index (χ1) is 9.63. The van der Waals surface area contributed by atoms with Crippen LogP contribution in [0, 0.1) is 6.92 Å². The van der Waals surface area contributed by atoms with E-state index in [-0.39, 0.29) is 0 Å². The van der Waals surface area contributed by atoms with Gasteiger partial charge in [-0.25, -0.2) is 4.98 Å². The van der Waals surface area contributed by atoms with E-state index < -0.39 is 0 Å². The van der Waals surface area contributed by atoms with E-state index in [4.69, 9.17) is 4.74 Å². The van der Waals surface area contributed by atoms with Crippen molar-refractivity contribution >= 4 is 26.8 Å². The smallest absolute Gasteiger partial charge is 0.141 e. The molecular weight excluding hydrogens is 320 g/mol. The summed E-state index contributed by atoms with van der Waals surface area (Å²) < 4.78 is 6.81. The summed E-state index contributed by atoms with van der Waals surface area (Å²) in [6, 6.07) is 7.95. The Balaban J connectivity index is 1.91. The fraction of sp³-hybridized carbons (Fsp3) is 0.214. The number of hydrogen-bond donors (Lipinski definition) is 0. The minimum atomic E-state index is 0.381. The van der Waals surface area contributed by atoms with Crippen LogP contribution < -0.4 is 4.74 Å². The van der Waals surface area contributed by atoms with Crippen LogP contribution in [-0.2, 0) is 13.7 Å². The number of fused-ring (bicyclic) bond motifs is 1. The Morgan fingerprint density at radius 1 is 1.35 bits per heavy atom. The topological polar surface area (TPSA) is 52.8 Å². The van der Waals surface area contributed by atoms with Gasteiger partial charge in [-0.2, -0.15) is 15.0 Å². The van der Waals surface area contributed by atoms with E-state index in [9.17, 15) is 0 Å². The van der Waals surface area contributed by atoms with Gasteiger partial charge >= 0.3 is 0 Å². The molecule has 20 heavy (non-hydrogen) atoms. The van der Waals surface area contributed by atoms with Crippen LogP contribution in [0.4, 0.5) is 0 Å². The van der Waals surface area contributed by atoms with E-state index in [0.29, 0.717) is 6.61 Å². The molecule has 6 heteroatoms. The van der Waals surface area contributed by atoms with Crippen molar-refractivity contribution in [1.29, 1.82) is 0 Å². The third-order valence-corrected chi connectivity index (χ3v) is 3.66. The number of aromatic nitrogens is 4. The Bertz CT molecular complexity index is 769. The molecule has 0 amide bonds. The lowest BCUT2D eigenvalue weighted by atomic mass is 10.2. The predicted molar refractivity (Wildman–Crippen MR) is 79.5 cm³/mol. The second kappa shape index (κ2) is 5.20. The van der Waals surface area contributed by atoms with E-state index >= 15 is 0 Å². The summed E-state index contributed by atoms with van der Waals surface area (Å²) in [6.45, 7) is 2.32. The zero-order chi connectivity index (χ0) is 14.1. The molecule has 0 aliphatic carbocycles. The Morgan fingerprint density at radius 2 is 2.20 bits per heavy atom. The van der Waals surface area contributed by atoms with E-state index in [0.717, 1.165) is 32.5 Å². The fourth-order valence-electron chi connectivity index (χ4n) is 1.99. The summed E-state index contributed by atoms with van der Waals surface area (Å²) in [4.78, 5) is 6.07. The van der Waals surface area contributed by atoms with Crippen LogP contribution in [-0.4, -0.2) is 20.0 Å². The Kier molecular flexibility index (Phi) is 3.40. The number of rotatable bonds is 3. The van der Waals surface area contributed by atoms with Gasteiger partial charge in [-0.05, 0) is 25.1 Å². The van der Waals surface area contributed by atoms with Crippen LogP contribution in [0.25, 0.3) is 10.9 Å². The number of pyridine rings is 1. The molecule has 0 saturated carbocycles. The highest BCUT2D eigenvalue weighted by Crippen LogP contribution is 2.28. The lowest BCUT2D eigenvalue weighted by molar-refractivity contribution is 0.297. The summed E-state index contributed by atoms with van der Waals surface area (Å²) in [5, 5.41) is 9.24. The van der Waals surface area contributed by atoms with Gasteiger partial charge in [-0.3, -0.25) is 0 Å². The molecule has 0 fully saturated rings. The Morgan fingerprint density at radius 3 is 2.95 bits per heavy atom. The van der Waals surface area contributed by atoms with Gasteiger partial charge in [0.1, 0.15) is 18.1 Å². The third-order valence-electron chi connectivity index (χ3n) is 2.97. The van der Waals surface area contributed by atoms with E-state index in [1.54, 1.807) is 13.2 Å². The van der Waals surface area contributed by atoms with Crippen molar-refractivity contribution in [2.24, 2.45) is 7.05 Å². The van der Waals surface area contributed by atoms with E-state index in [1.165, 1.54) is 4.80 Å². The molecule has 0 saturated heterocycles. The highest BCUT2D eigenvalue weighted by Gasteiger charge is 2.08. The zero-order valence-corrected chi connectivity index (χ0v) is 12.8. The number of benzene rings is 1. The molecule has 0 unspecified atom stereocenters. The summed E-state index contributed by atoms with van der Waals surface area (Å²) in [7, 11) is 1.78. The number of nitrogens with zero attached hydrogens (tertiary/aromatic N) is 4. The molecule has 3 rings (SSSR count). The summed E-state index contributed by atoms with van der Waals surface area (Å²) >= 11 is 3.53. The van der Waals surface area contributed by atoms with Crippen LogP contribution >= 0.6 is 15.9 Å². The standard InChI is InChI=1S/C14H13BrN4O/c1-9-14(20-8-10-7-16-19(2)18-10)6-11-12(15)4-3-5-13(11)17-9/h3-7H,8H2,1-2H3. The fourth-order valence-corrected chi connectivity index (χ4v) is 2.46. The number of aryl methyl sites for hydroxylation is 2. The minimum Gasteiger partial charge on any atom is -0.485 e. The summed E-state index contributed by atoms with van der Waals surface area (Å²) in [6.07, 6.45) is 1.69. The SMILES string of the molecule is Cc1nc2cccc(Br)c2cc1OCc1cnn(C)n1. The maximum Gasteiger partial charge on any atom is 0.141 e. The number of halogens is 1. The monoisotopic (exact) mass is 332 g/mol. The van der Waals surface area contributed by atoms with Gasteiger partial charge in [0.15, 0.2) is 0 Å². The van der Waals surface area contributed by atoms with Gasteiger partial charge in [0.25, 0.3) is 0 Å². The molecule has 3 aromatic rings. The molecule has 2 heterocycles. The van der Waals surface area contributed by atoms with Gasteiger partial charge < -0.3 is 4.74 Å². The first kappa shape index (κ1) is 13.1. The number of ether oxygens (including phenoxy) is 1. The highest BCUT2D eigenvalue weighted by molar-refractivity contribution is 9.10. The van der Waals surface area contributed by atoms with Crippen LogP contribution in [0.3, 0.4) is 0 Å². The predicted octanol–water partition coefficient (Wildman–Crippen LogP) is 3.01. The van der Waals surface area contributed by atoms with Gasteiger partial charge in [0.2, 0.25) is 0 Å². The largest absolute Gasteiger partial charge is 0.485 e. The normalized spacial score (nSPS) is 10.9. The van der Waals surface area contributed by atoms with Crippen LogP contribution in [0.15, 0.2) is 34.9 Å². The summed E-state index contributed by atoms with van der Waals surface area (Å²) in [5.41, 5.74) is 2.60. The molecule has 0 spiro atoms. The molecule has 0 bridgehead atoms. The number of hydrogen-bond acceptors (Lipinski definition) is 4. The molecule has 0 aliphatic rings. The maximum atomic E-state index is 5.80. The first-order valence-corrected chi connectivity index (χ1v) is 6.96. The molecule has 1 aromatic carbocycles. The Labute approximate surface area is 124 Å². The molecule has 0 radical (unpaired) electrons. The van der Waals surface area contributed by atoms with Crippen molar-refractivity contribution in [1.82, 2.24) is 20.0 Å². The van der Waals surface area contributed by atoms with E-state index in [1.807, 2.05) is 31.2 Å². The molecule has 2 aromatic heterocycles. The van der Waals surface area contributed by atoms with Crippen LogP contribution in [0.5, 0.6) is 5.75 Å². The van der Waals surface area contributed by atoms with Crippen molar-refractivity contribution in [2.75, 3.05) is 0 Å². The van der Waals surface area contributed by atoms with E-state index in [2.05, 4.69) is 31.1 Å². The van der Waals surface area contributed by atoms with Crippen LogP contribution in [0.1, 0.15) is 11.4 Å². The van der Waals surface area contributed by atoms with Gasteiger partial charge in [-0.15, -0.1) is 0 Å². The maximum absolute atomic E-state index is 5.80. The first-order valence-electron chi connectivity index (χ1n) is 6.17. The summed E-state index contributed by atoms with van der Waals surface area (Å²) in [5.74, 6) is 0.759. The molecule has 5 nitrogen and oxygen atoms in total. The van der Waals surface area contributed by atoms with Crippen molar-refractivity contribution in [3.63, 3.8) is 0 Å². The average Bonchev–Trinajstić information content (AvgIpc) is 2.83. The van der Waals surface area contributed by atoms with Gasteiger partial charge in [0.05, 0.1) is 17.4 Å².